The zero-order chi connectivity index (χ0) is 12.6. The van der Waals surface area contributed by atoms with Crippen molar-refractivity contribution in [2.75, 3.05) is 13.6 Å². The van der Waals surface area contributed by atoms with Gasteiger partial charge in [-0.25, -0.2) is 0 Å². The second-order valence-electron chi connectivity index (χ2n) is 4.06. The highest BCUT2D eigenvalue weighted by Crippen LogP contribution is 2.05. The molecule has 1 N–H and O–H groups in total. The van der Waals surface area contributed by atoms with E-state index in [-0.39, 0.29) is 12.3 Å². The van der Waals surface area contributed by atoms with Crippen molar-refractivity contribution in [3.63, 3.8) is 0 Å². The smallest absolute Gasteiger partial charge is 0.303 e. The van der Waals surface area contributed by atoms with Gasteiger partial charge >= 0.3 is 5.97 Å². The van der Waals surface area contributed by atoms with Gasteiger partial charge in [-0.2, -0.15) is 0 Å². The molecule has 4 heteroatoms. The van der Waals surface area contributed by atoms with E-state index in [0.29, 0.717) is 18.5 Å². The van der Waals surface area contributed by atoms with E-state index in [1.54, 1.807) is 18.9 Å². The third-order valence-electron chi connectivity index (χ3n) is 2.35. The maximum atomic E-state index is 11.4. The summed E-state index contributed by atoms with van der Waals surface area (Å²) in [7, 11) is 1.76. The topological polar surface area (TPSA) is 57.6 Å². The SMILES string of the molecule is C=C(C)C(=O)N(C)CCCCCCC(=O)O. The average Bonchev–Trinajstić information content (AvgIpc) is 2.21. The highest BCUT2D eigenvalue weighted by molar-refractivity contribution is 5.91. The molecule has 0 saturated heterocycles. The summed E-state index contributed by atoms with van der Waals surface area (Å²) in [6.45, 7) is 6.00. The van der Waals surface area contributed by atoms with Gasteiger partial charge in [0.1, 0.15) is 0 Å². The summed E-state index contributed by atoms with van der Waals surface area (Å²) in [5.74, 6) is -0.764. The fourth-order valence-corrected chi connectivity index (χ4v) is 1.41. The summed E-state index contributed by atoms with van der Waals surface area (Å²) < 4.78 is 0. The van der Waals surface area contributed by atoms with Gasteiger partial charge < -0.3 is 10.0 Å². The molecule has 0 aliphatic carbocycles. The molecule has 0 saturated carbocycles. The molecule has 92 valence electrons. The van der Waals surface area contributed by atoms with Crippen LogP contribution in [0.1, 0.15) is 39.0 Å². The first-order chi connectivity index (χ1) is 7.45. The van der Waals surface area contributed by atoms with Crippen molar-refractivity contribution in [2.24, 2.45) is 0 Å². The van der Waals surface area contributed by atoms with Gasteiger partial charge in [0.25, 0.3) is 0 Å². The number of carboxylic acid groups (broad SMARTS) is 1. The lowest BCUT2D eigenvalue weighted by atomic mass is 10.1. The number of hydrogen-bond donors (Lipinski definition) is 1. The molecule has 0 radical (unpaired) electrons. The van der Waals surface area contributed by atoms with Crippen LogP contribution in [0.5, 0.6) is 0 Å². The lowest BCUT2D eigenvalue weighted by Crippen LogP contribution is -2.27. The van der Waals surface area contributed by atoms with Crippen LogP contribution in [0.2, 0.25) is 0 Å². The number of carboxylic acids is 1. The number of unbranched alkanes of at least 4 members (excludes halogenated alkanes) is 3. The van der Waals surface area contributed by atoms with Crippen molar-refractivity contribution >= 4 is 11.9 Å². The Labute approximate surface area is 96.9 Å². The maximum Gasteiger partial charge on any atom is 0.303 e. The number of carbonyl (C=O) groups is 2. The Balaban J connectivity index is 3.48. The third kappa shape index (κ3) is 7.04. The van der Waals surface area contributed by atoms with Crippen LogP contribution in [-0.4, -0.2) is 35.5 Å². The molecule has 0 aromatic carbocycles. The molecule has 0 atom stereocenters. The van der Waals surface area contributed by atoms with Gasteiger partial charge in [0, 0.05) is 25.6 Å². The monoisotopic (exact) mass is 227 g/mol. The molecule has 0 unspecified atom stereocenters. The van der Waals surface area contributed by atoms with Crippen LogP contribution in [0.4, 0.5) is 0 Å². The van der Waals surface area contributed by atoms with Crippen LogP contribution in [0.3, 0.4) is 0 Å². The van der Waals surface area contributed by atoms with Crippen LogP contribution < -0.4 is 0 Å². The molecule has 0 aromatic heterocycles. The van der Waals surface area contributed by atoms with Gasteiger partial charge in [0.2, 0.25) is 5.91 Å². The van der Waals surface area contributed by atoms with E-state index in [1.165, 1.54) is 0 Å². The van der Waals surface area contributed by atoms with Crippen LogP contribution in [0.25, 0.3) is 0 Å². The standard InChI is InChI=1S/C12H21NO3/c1-10(2)12(16)13(3)9-7-5-4-6-8-11(14)15/h1,4-9H2,2-3H3,(H,14,15). The van der Waals surface area contributed by atoms with Crippen molar-refractivity contribution in [3.05, 3.63) is 12.2 Å². The molecule has 0 aliphatic rings. The number of aliphatic carboxylic acids is 1. The first kappa shape index (κ1) is 14.7. The van der Waals surface area contributed by atoms with Crippen LogP contribution >= 0.6 is 0 Å². The second-order valence-corrected chi connectivity index (χ2v) is 4.06. The van der Waals surface area contributed by atoms with Crippen LogP contribution in [-0.2, 0) is 9.59 Å². The summed E-state index contributed by atoms with van der Waals surface area (Å²) in [6, 6.07) is 0. The lowest BCUT2D eigenvalue weighted by molar-refractivity contribution is -0.137. The molecular weight excluding hydrogens is 206 g/mol. The second kappa shape index (κ2) is 7.91. The Morgan fingerprint density at radius 3 is 2.25 bits per heavy atom. The van der Waals surface area contributed by atoms with Crippen molar-refractivity contribution in [1.82, 2.24) is 4.90 Å². The molecule has 0 spiro atoms. The fraction of sp³-hybridized carbons (Fsp3) is 0.667. The number of rotatable bonds is 8. The summed E-state index contributed by atoms with van der Waals surface area (Å²) >= 11 is 0. The quantitative estimate of drug-likeness (QED) is 0.510. The van der Waals surface area contributed by atoms with Crippen molar-refractivity contribution in [1.29, 1.82) is 0 Å². The minimum atomic E-state index is -0.741. The van der Waals surface area contributed by atoms with Crippen molar-refractivity contribution in [3.8, 4) is 0 Å². The lowest BCUT2D eigenvalue weighted by Gasteiger charge is -2.16. The zero-order valence-electron chi connectivity index (χ0n) is 10.2. The van der Waals surface area contributed by atoms with Crippen molar-refractivity contribution in [2.45, 2.75) is 39.0 Å². The predicted octanol–water partition coefficient (Wildman–Crippen LogP) is 2.06. The molecular formula is C12H21NO3. The number of likely N-dealkylation sites (N-methyl/N-ethyl adjacent to an activating group) is 1. The number of amides is 1. The summed E-state index contributed by atoms with van der Waals surface area (Å²) in [4.78, 5) is 23.3. The largest absolute Gasteiger partial charge is 0.481 e. The molecule has 4 nitrogen and oxygen atoms in total. The van der Waals surface area contributed by atoms with Crippen molar-refractivity contribution < 1.29 is 14.7 Å². The number of hydrogen-bond acceptors (Lipinski definition) is 2. The van der Waals surface area contributed by atoms with E-state index in [4.69, 9.17) is 5.11 Å². The van der Waals surface area contributed by atoms with Gasteiger partial charge in [-0.05, 0) is 19.8 Å². The number of nitrogens with zero attached hydrogens (tertiary/aromatic N) is 1. The van der Waals surface area contributed by atoms with Gasteiger partial charge in [-0.3, -0.25) is 9.59 Å². The highest BCUT2D eigenvalue weighted by Gasteiger charge is 2.07. The average molecular weight is 227 g/mol. The Morgan fingerprint density at radius 1 is 1.19 bits per heavy atom. The molecule has 0 fully saturated rings. The summed E-state index contributed by atoms with van der Waals surface area (Å²) in [5.41, 5.74) is 0.549. The molecule has 0 aromatic rings. The molecule has 0 bridgehead atoms. The van der Waals surface area contributed by atoms with E-state index in [2.05, 4.69) is 6.58 Å². The maximum absolute atomic E-state index is 11.4. The fourth-order valence-electron chi connectivity index (χ4n) is 1.41. The first-order valence-electron chi connectivity index (χ1n) is 5.58. The van der Waals surface area contributed by atoms with E-state index < -0.39 is 5.97 Å². The van der Waals surface area contributed by atoms with E-state index >= 15 is 0 Å². The zero-order valence-corrected chi connectivity index (χ0v) is 10.2. The van der Waals surface area contributed by atoms with E-state index in [1.807, 2.05) is 0 Å². The van der Waals surface area contributed by atoms with Gasteiger partial charge in [0.15, 0.2) is 0 Å². The van der Waals surface area contributed by atoms with Gasteiger partial charge in [-0.15, -0.1) is 0 Å². The minimum absolute atomic E-state index is 0.0227. The molecule has 16 heavy (non-hydrogen) atoms. The molecule has 0 rings (SSSR count). The Morgan fingerprint density at radius 2 is 1.75 bits per heavy atom. The first-order valence-corrected chi connectivity index (χ1v) is 5.58. The van der Waals surface area contributed by atoms with Crippen LogP contribution in [0.15, 0.2) is 12.2 Å². The Bertz CT molecular complexity index is 261. The van der Waals surface area contributed by atoms with E-state index in [0.717, 1.165) is 19.3 Å². The normalized spacial score (nSPS) is 9.88. The predicted molar refractivity (Wildman–Crippen MR) is 63.2 cm³/mol. The van der Waals surface area contributed by atoms with Crippen LogP contribution in [0, 0.1) is 0 Å². The molecule has 0 aliphatic heterocycles. The molecule has 1 amide bonds. The molecule has 0 heterocycles. The van der Waals surface area contributed by atoms with E-state index in [9.17, 15) is 9.59 Å². The minimum Gasteiger partial charge on any atom is -0.481 e. The number of carbonyl (C=O) groups excluding carboxylic acids is 1. The van der Waals surface area contributed by atoms with Gasteiger partial charge in [-0.1, -0.05) is 19.4 Å². The third-order valence-corrected chi connectivity index (χ3v) is 2.35. The Kier molecular flexibility index (Phi) is 7.25. The Hall–Kier alpha value is -1.32. The highest BCUT2D eigenvalue weighted by atomic mass is 16.4. The van der Waals surface area contributed by atoms with Gasteiger partial charge in [0.05, 0.1) is 0 Å². The summed E-state index contributed by atoms with van der Waals surface area (Å²) in [5, 5.41) is 8.43. The summed E-state index contributed by atoms with van der Waals surface area (Å²) in [6.07, 6.45) is 3.73.